The summed E-state index contributed by atoms with van der Waals surface area (Å²) in [5.41, 5.74) is 2.39. The fourth-order valence-corrected chi connectivity index (χ4v) is 3.20. The van der Waals surface area contributed by atoms with E-state index in [4.69, 9.17) is 16.0 Å². The van der Waals surface area contributed by atoms with E-state index in [0.717, 1.165) is 53.5 Å². The first-order valence-electron chi connectivity index (χ1n) is 8.08. The smallest absolute Gasteiger partial charge is 0.336 e. The number of aryl methyl sites for hydroxylation is 1. The summed E-state index contributed by atoms with van der Waals surface area (Å²) in [5.74, 6) is 0.835. The molecular weight excluding hydrogens is 298 g/mol. The predicted molar refractivity (Wildman–Crippen MR) is 90.5 cm³/mol. The molecule has 0 unspecified atom stereocenters. The van der Waals surface area contributed by atoms with Gasteiger partial charge in [0.2, 0.25) is 0 Å². The second-order valence-electron chi connectivity index (χ2n) is 6.16. The highest BCUT2D eigenvalue weighted by Crippen LogP contribution is 2.31. The molecule has 1 saturated carbocycles. The van der Waals surface area contributed by atoms with E-state index < -0.39 is 0 Å². The van der Waals surface area contributed by atoms with Crippen LogP contribution in [-0.2, 0) is 13.0 Å². The summed E-state index contributed by atoms with van der Waals surface area (Å²) in [4.78, 5) is 14.3. The Morgan fingerprint density at radius 3 is 2.64 bits per heavy atom. The lowest BCUT2D eigenvalue weighted by Gasteiger charge is -2.21. The van der Waals surface area contributed by atoms with Crippen molar-refractivity contribution < 1.29 is 4.42 Å². The summed E-state index contributed by atoms with van der Waals surface area (Å²) < 4.78 is 5.38. The van der Waals surface area contributed by atoms with Crippen LogP contribution in [-0.4, -0.2) is 18.0 Å². The van der Waals surface area contributed by atoms with Crippen LogP contribution in [0.5, 0.6) is 0 Å². The van der Waals surface area contributed by atoms with Crippen molar-refractivity contribution in [3.8, 4) is 0 Å². The van der Waals surface area contributed by atoms with Crippen LogP contribution in [0.25, 0.3) is 11.0 Å². The lowest BCUT2D eigenvalue weighted by molar-refractivity contribution is 0.269. The van der Waals surface area contributed by atoms with Crippen LogP contribution in [0.2, 0.25) is 5.02 Å². The minimum atomic E-state index is -0.283. The normalized spacial score (nSPS) is 14.9. The van der Waals surface area contributed by atoms with Crippen molar-refractivity contribution >= 4 is 22.6 Å². The maximum Gasteiger partial charge on any atom is 0.336 e. The Labute approximate surface area is 135 Å². The first-order valence-corrected chi connectivity index (χ1v) is 8.46. The zero-order valence-corrected chi connectivity index (χ0v) is 13.9. The Morgan fingerprint density at radius 1 is 1.23 bits per heavy atom. The van der Waals surface area contributed by atoms with Gasteiger partial charge in [0.25, 0.3) is 0 Å². The fourth-order valence-electron chi connectivity index (χ4n) is 2.90. The summed E-state index contributed by atoms with van der Waals surface area (Å²) in [6.07, 6.45) is 3.49. The third kappa shape index (κ3) is 3.36. The molecule has 0 aliphatic heterocycles. The topological polar surface area (TPSA) is 33.5 Å². The minimum absolute atomic E-state index is 0.283. The van der Waals surface area contributed by atoms with Crippen LogP contribution in [0.1, 0.15) is 37.8 Å². The molecule has 1 aromatic heterocycles. The van der Waals surface area contributed by atoms with E-state index in [1.54, 1.807) is 6.07 Å². The number of rotatable bonds is 6. The molecule has 2 aromatic rings. The molecule has 0 atom stereocenters. The summed E-state index contributed by atoms with van der Waals surface area (Å²) in [5, 5.41) is 1.70. The van der Waals surface area contributed by atoms with Gasteiger partial charge in [0.1, 0.15) is 5.58 Å². The van der Waals surface area contributed by atoms with Crippen molar-refractivity contribution in [2.75, 3.05) is 13.1 Å². The van der Waals surface area contributed by atoms with Crippen LogP contribution in [0.15, 0.2) is 27.4 Å². The molecule has 0 saturated heterocycles. The van der Waals surface area contributed by atoms with E-state index in [9.17, 15) is 4.79 Å². The second-order valence-corrected chi connectivity index (χ2v) is 6.56. The largest absolute Gasteiger partial charge is 0.423 e. The van der Waals surface area contributed by atoms with E-state index >= 15 is 0 Å². The lowest BCUT2D eigenvalue weighted by atomic mass is 10.1. The standard InChI is InChI=1S/C18H22ClNO2/c1-3-13-7-17-15(9-16(13)19)14(8-18(21)22-17)11-20(4-2)10-12-5-6-12/h7-9,12H,3-6,10-11H2,1-2H3. The van der Waals surface area contributed by atoms with Gasteiger partial charge >= 0.3 is 5.63 Å². The maximum atomic E-state index is 11.9. The second kappa shape index (κ2) is 6.43. The number of hydrogen-bond acceptors (Lipinski definition) is 3. The van der Waals surface area contributed by atoms with Crippen LogP contribution < -0.4 is 5.63 Å². The van der Waals surface area contributed by atoms with Gasteiger partial charge in [-0.25, -0.2) is 4.79 Å². The number of nitrogens with zero attached hydrogens (tertiary/aromatic N) is 1. The molecule has 0 amide bonds. The van der Waals surface area contributed by atoms with Gasteiger partial charge in [-0.1, -0.05) is 25.4 Å². The Morgan fingerprint density at radius 2 is 2.00 bits per heavy atom. The predicted octanol–water partition coefficient (Wildman–Crippen LogP) is 4.24. The van der Waals surface area contributed by atoms with E-state index in [0.29, 0.717) is 5.58 Å². The van der Waals surface area contributed by atoms with Crippen LogP contribution >= 0.6 is 11.6 Å². The summed E-state index contributed by atoms with van der Waals surface area (Å²) in [6.45, 7) is 7.08. The van der Waals surface area contributed by atoms with Gasteiger partial charge in [-0.2, -0.15) is 0 Å². The lowest BCUT2D eigenvalue weighted by Crippen LogP contribution is -2.25. The third-order valence-electron chi connectivity index (χ3n) is 4.43. The van der Waals surface area contributed by atoms with E-state index in [2.05, 4.69) is 11.8 Å². The van der Waals surface area contributed by atoms with Crippen LogP contribution in [0.4, 0.5) is 0 Å². The van der Waals surface area contributed by atoms with Crippen molar-refractivity contribution in [1.82, 2.24) is 4.90 Å². The fraction of sp³-hybridized carbons (Fsp3) is 0.500. The molecule has 3 rings (SSSR count). The minimum Gasteiger partial charge on any atom is -0.423 e. The quantitative estimate of drug-likeness (QED) is 0.747. The van der Waals surface area contributed by atoms with E-state index in [-0.39, 0.29) is 5.63 Å². The van der Waals surface area contributed by atoms with Gasteiger partial charge in [0.15, 0.2) is 0 Å². The number of fused-ring (bicyclic) bond motifs is 1. The van der Waals surface area contributed by atoms with Crippen LogP contribution in [0.3, 0.4) is 0 Å². The van der Waals surface area contributed by atoms with Gasteiger partial charge in [-0.15, -0.1) is 0 Å². The van der Waals surface area contributed by atoms with Crippen molar-refractivity contribution in [1.29, 1.82) is 0 Å². The monoisotopic (exact) mass is 319 g/mol. The van der Waals surface area contributed by atoms with Gasteiger partial charge in [-0.3, -0.25) is 4.90 Å². The molecule has 1 aliphatic carbocycles. The van der Waals surface area contributed by atoms with Crippen molar-refractivity contribution in [2.45, 2.75) is 39.7 Å². The molecule has 4 heteroatoms. The van der Waals surface area contributed by atoms with Gasteiger partial charge in [-0.05, 0) is 55.0 Å². The van der Waals surface area contributed by atoms with Gasteiger partial charge in [0, 0.05) is 29.6 Å². The average Bonchev–Trinajstić information content (AvgIpc) is 3.30. The third-order valence-corrected chi connectivity index (χ3v) is 4.78. The highest BCUT2D eigenvalue weighted by atomic mass is 35.5. The summed E-state index contributed by atoms with van der Waals surface area (Å²) in [7, 11) is 0. The molecular formula is C18H22ClNO2. The Hall–Kier alpha value is -1.32. The van der Waals surface area contributed by atoms with Gasteiger partial charge in [0.05, 0.1) is 0 Å². The first kappa shape index (κ1) is 15.6. The molecule has 0 spiro atoms. The van der Waals surface area contributed by atoms with E-state index in [1.165, 1.54) is 12.8 Å². The van der Waals surface area contributed by atoms with Crippen molar-refractivity contribution in [3.05, 3.63) is 44.8 Å². The molecule has 1 fully saturated rings. The molecule has 1 aliphatic rings. The Kier molecular flexibility index (Phi) is 4.55. The molecule has 0 bridgehead atoms. The van der Waals surface area contributed by atoms with Crippen molar-refractivity contribution in [2.24, 2.45) is 5.92 Å². The SMILES string of the molecule is CCc1cc2oc(=O)cc(CN(CC)CC3CC3)c2cc1Cl. The first-order chi connectivity index (χ1) is 10.6. The zero-order chi connectivity index (χ0) is 15.7. The molecule has 0 N–H and O–H groups in total. The Balaban J connectivity index is 1.99. The molecule has 118 valence electrons. The molecule has 1 heterocycles. The molecule has 0 radical (unpaired) electrons. The summed E-state index contributed by atoms with van der Waals surface area (Å²) in [6, 6.07) is 5.46. The van der Waals surface area contributed by atoms with Crippen molar-refractivity contribution in [3.63, 3.8) is 0 Å². The summed E-state index contributed by atoms with van der Waals surface area (Å²) >= 11 is 6.35. The van der Waals surface area contributed by atoms with Gasteiger partial charge < -0.3 is 4.42 Å². The van der Waals surface area contributed by atoms with Crippen LogP contribution in [0, 0.1) is 5.92 Å². The molecule has 1 aromatic carbocycles. The molecule has 22 heavy (non-hydrogen) atoms. The Bertz CT molecular complexity index is 734. The highest BCUT2D eigenvalue weighted by Gasteiger charge is 2.24. The zero-order valence-electron chi connectivity index (χ0n) is 13.2. The maximum absolute atomic E-state index is 11.9. The highest BCUT2D eigenvalue weighted by molar-refractivity contribution is 6.32. The average molecular weight is 320 g/mol. The molecule has 3 nitrogen and oxygen atoms in total. The number of hydrogen-bond donors (Lipinski definition) is 0. The van der Waals surface area contributed by atoms with E-state index in [1.807, 2.05) is 19.1 Å². The number of benzene rings is 1. The number of halogens is 1.